The first kappa shape index (κ1) is 16.3. The van der Waals surface area contributed by atoms with Crippen molar-refractivity contribution in [2.45, 2.75) is 19.0 Å². The van der Waals surface area contributed by atoms with Crippen LogP contribution in [0, 0.1) is 13.8 Å². The van der Waals surface area contributed by atoms with E-state index in [1.54, 1.807) is 0 Å². The molecule has 0 saturated heterocycles. The summed E-state index contributed by atoms with van der Waals surface area (Å²) in [7, 11) is 0. The van der Waals surface area contributed by atoms with Crippen molar-refractivity contribution in [3.05, 3.63) is 59.7 Å². The predicted octanol–water partition coefficient (Wildman–Crippen LogP) is 2.39. The third-order valence-electron chi connectivity index (χ3n) is 3.52. The highest BCUT2D eigenvalue weighted by atomic mass is 32.2. The summed E-state index contributed by atoms with van der Waals surface area (Å²) in [4.78, 5) is 10.8. The van der Waals surface area contributed by atoms with Crippen molar-refractivity contribution >= 4 is 17.7 Å². The van der Waals surface area contributed by atoms with Crippen molar-refractivity contribution in [3.63, 3.8) is 0 Å². The topological polar surface area (TPSA) is 70.8 Å². The maximum absolute atomic E-state index is 10.8. The Morgan fingerprint density at radius 1 is 1.08 bits per heavy atom. The fourth-order valence-electron chi connectivity index (χ4n) is 2.38. The van der Waals surface area contributed by atoms with E-state index in [-0.39, 0.29) is 5.75 Å². The third-order valence-corrected chi connectivity index (χ3v) is 4.42. The summed E-state index contributed by atoms with van der Waals surface area (Å²) in [6.45, 7) is 4.03. The van der Waals surface area contributed by atoms with Gasteiger partial charge >= 0.3 is 0 Å². The van der Waals surface area contributed by atoms with Crippen molar-refractivity contribution < 1.29 is 9.90 Å². The summed E-state index contributed by atoms with van der Waals surface area (Å²) in [6.07, 6.45) is 0. The molecule has 0 amide bonds. The second-order valence-corrected chi connectivity index (χ2v) is 6.45. The van der Waals surface area contributed by atoms with Gasteiger partial charge in [-0.05, 0) is 32.0 Å². The Bertz CT molecular complexity index is 872. The van der Waals surface area contributed by atoms with E-state index in [4.69, 9.17) is 0 Å². The minimum absolute atomic E-state index is 0.169. The van der Waals surface area contributed by atoms with Crippen molar-refractivity contribution in [2.24, 2.45) is 0 Å². The maximum atomic E-state index is 10.8. The summed E-state index contributed by atoms with van der Waals surface area (Å²) < 4.78 is 1.88. The molecule has 0 bridgehead atoms. The van der Waals surface area contributed by atoms with E-state index in [1.165, 1.54) is 0 Å². The number of benzene rings is 2. The van der Waals surface area contributed by atoms with Gasteiger partial charge in [0.15, 0.2) is 11.0 Å². The van der Waals surface area contributed by atoms with Gasteiger partial charge in [-0.2, -0.15) is 0 Å². The zero-order chi connectivity index (χ0) is 17.1. The Kier molecular flexibility index (Phi) is 4.66. The van der Waals surface area contributed by atoms with Crippen molar-refractivity contribution in [1.82, 2.24) is 14.8 Å². The summed E-state index contributed by atoms with van der Waals surface area (Å²) >= 11 is 1.10. The number of carboxylic acids is 1. The smallest absolute Gasteiger partial charge is 0.196 e. The van der Waals surface area contributed by atoms with Gasteiger partial charge in [-0.3, -0.25) is 4.57 Å². The molecule has 0 aliphatic carbocycles. The van der Waals surface area contributed by atoms with Crippen LogP contribution in [0.1, 0.15) is 11.1 Å². The van der Waals surface area contributed by atoms with Crippen LogP contribution >= 0.6 is 11.8 Å². The van der Waals surface area contributed by atoms with E-state index in [0.29, 0.717) is 11.0 Å². The number of hydrogen-bond acceptors (Lipinski definition) is 5. The fourth-order valence-corrected chi connectivity index (χ4v) is 3.05. The van der Waals surface area contributed by atoms with Gasteiger partial charge in [-0.15, -0.1) is 10.2 Å². The number of aromatic nitrogens is 3. The summed E-state index contributed by atoms with van der Waals surface area (Å²) in [5, 5.41) is 19.8. The molecule has 0 spiro atoms. The maximum Gasteiger partial charge on any atom is 0.196 e. The van der Waals surface area contributed by atoms with E-state index < -0.39 is 5.97 Å². The van der Waals surface area contributed by atoms with Crippen LogP contribution in [-0.2, 0) is 4.79 Å². The highest BCUT2D eigenvalue weighted by molar-refractivity contribution is 7.99. The van der Waals surface area contributed by atoms with E-state index in [2.05, 4.69) is 10.2 Å². The van der Waals surface area contributed by atoms with Gasteiger partial charge in [-0.1, -0.05) is 53.2 Å². The molecule has 1 heterocycles. The lowest BCUT2D eigenvalue weighted by molar-refractivity contribution is -0.301. The minimum Gasteiger partial charge on any atom is -0.549 e. The van der Waals surface area contributed by atoms with Crippen LogP contribution in [0.2, 0.25) is 0 Å². The summed E-state index contributed by atoms with van der Waals surface area (Å²) in [5.41, 5.74) is 4.09. The number of carbonyl (C=O) groups is 1. The Hall–Kier alpha value is -2.60. The molecule has 0 N–H and O–H groups in total. The van der Waals surface area contributed by atoms with Gasteiger partial charge in [0, 0.05) is 17.0 Å². The van der Waals surface area contributed by atoms with Gasteiger partial charge in [0.1, 0.15) is 0 Å². The molecular weight excluding hydrogens is 322 g/mol. The van der Waals surface area contributed by atoms with Gasteiger partial charge in [0.05, 0.1) is 5.97 Å². The number of carboxylic acid groups (broad SMARTS) is 1. The molecule has 0 saturated carbocycles. The lowest BCUT2D eigenvalue weighted by Crippen LogP contribution is -2.24. The second-order valence-electron chi connectivity index (χ2n) is 5.51. The molecule has 2 aromatic carbocycles. The van der Waals surface area contributed by atoms with Crippen LogP contribution in [0.4, 0.5) is 0 Å². The molecule has 0 radical (unpaired) electrons. The summed E-state index contributed by atoms with van der Waals surface area (Å²) in [5.74, 6) is -0.614. The van der Waals surface area contributed by atoms with Crippen LogP contribution < -0.4 is 5.11 Å². The molecule has 3 aromatic rings. The Morgan fingerprint density at radius 3 is 2.50 bits per heavy atom. The minimum atomic E-state index is -1.13. The second kappa shape index (κ2) is 6.88. The molecule has 0 unspecified atom stereocenters. The summed E-state index contributed by atoms with van der Waals surface area (Å²) in [6, 6.07) is 15.9. The Labute approximate surface area is 144 Å². The van der Waals surface area contributed by atoms with Crippen LogP contribution in [0.25, 0.3) is 17.1 Å². The number of rotatable bonds is 5. The van der Waals surface area contributed by atoms with Gasteiger partial charge in [-0.25, -0.2) is 0 Å². The molecule has 24 heavy (non-hydrogen) atoms. The zero-order valence-corrected chi connectivity index (χ0v) is 14.2. The largest absolute Gasteiger partial charge is 0.549 e. The lowest BCUT2D eigenvalue weighted by Gasteiger charge is -2.11. The molecule has 0 aliphatic heterocycles. The molecule has 3 rings (SSSR count). The zero-order valence-electron chi connectivity index (χ0n) is 13.4. The van der Waals surface area contributed by atoms with Crippen LogP contribution in [-0.4, -0.2) is 26.5 Å². The molecule has 0 fully saturated rings. The number of hydrogen-bond donors (Lipinski definition) is 0. The SMILES string of the molecule is Cc1ccc(-n2c(SCC(=O)[O-])nnc2-c2cccc(C)c2)cc1. The average Bonchev–Trinajstić information content (AvgIpc) is 2.97. The average molecular weight is 338 g/mol. The van der Waals surface area contributed by atoms with Gasteiger partial charge in [0.2, 0.25) is 0 Å². The van der Waals surface area contributed by atoms with Crippen LogP contribution in [0.15, 0.2) is 53.7 Å². The standard InChI is InChI=1S/C18H17N3O2S/c1-12-6-8-15(9-7-12)21-17(14-5-3-4-13(2)10-14)19-20-18(21)24-11-16(22)23/h3-10H,11H2,1-2H3,(H,22,23)/p-1. The van der Waals surface area contributed by atoms with Crippen molar-refractivity contribution in [1.29, 1.82) is 0 Å². The van der Waals surface area contributed by atoms with Gasteiger partial charge in [0.25, 0.3) is 0 Å². The molecule has 122 valence electrons. The Morgan fingerprint density at radius 2 is 1.83 bits per heavy atom. The number of aryl methyl sites for hydroxylation is 2. The number of carbonyl (C=O) groups excluding carboxylic acids is 1. The first-order valence-electron chi connectivity index (χ1n) is 7.47. The normalized spacial score (nSPS) is 10.8. The van der Waals surface area contributed by atoms with Crippen molar-refractivity contribution in [3.8, 4) is 17.1 Å². The molecule has 6 heteroatoms. The Balaban J connectivity index is 2.12. The van der Waals surface area contributed by atoms with E-state index in [1.807, 2.05) is 66.9 Å². The fraction of sp³-hybridized carbons (Fsp3) is 0.167. The van der Waals surface area contributed by atoms with Crippen LogP contribution in [0.5, 0.6) is 0 Å². The molecule has 5 nitrogen and oxygen atoms in total. The molecular formula is C18H16N3O2S-. The van der Waals surface area contributed by atoms with E-state index in [0.717, 1.165) is 34.1 Å². The third kappa shape index (κ3) is 3.49. The lowest BCUT2D eigenvalue weighted by atomic mass is 10.1. The highest BCUT2D eigenvalue weighted by Gasteiger charge is 2.16. The van der Waals surface area contributed by atoms with E-state index >= 15 is 0 Å². The first-order chi connectivity index (χ1) is 11.5. The molecule has 1 aromatic heterocycles. The number of aliphatic carboxylic acids is 1. The monoisotopic (exact) mass is 338 g/mol. The quantitative estimate of drug-likeness (QED) is 0.668. The van der Waals surface area contributed by atoms with E-state index in [9.17, 15) is 9.90 Å². The molecule has 0 aliphatic rings. The molecule has 0 atom stereocenters. The number of thioether (sulfide) groups is 1. The van der Waals surface area contributed by atoms with Crippen molar-refractivity contribution in [2.75, 3.05) is 5.75 Å². The number of nitrogens with zero attached hydrogens (tertiary/aromatic N) is 3. The highest BCUT2D eigenvalue weighted by Crippen LogP contribution is 2.28. The first-order valence-corrected chi connectivity index (χ1v) is 8.45. The predicted molar refractivity (Wildman–Crippen MR) is 92.0 cm³/mol. The van der Waals surface area contributed by atoms with Crippen LogP contribution in [0.3, 0.4) is 0 Å². The van der Waals surface area contributed by atoms with Gasteiger partial charge < -0.3 is 9.90 Å².